The highest BCUT2D eigenvalue weighted by atomic mass is 32.2. The van der Waals surface area contributed by atoms with E-state index in [1.807, 2.05) is 19.2 Å². The number of thioether (sulfide) groups is 1. The molecular weight excluding hydrogens is 314 g/mol. The molecule has 0 radical (unpaired) electrons. The van der Waals surface area contributed by atoms with Crippen molar-refractivity contribution >= 4 is 29.4 Å². The van der Waals surface area contributed by atoms with Gasteiger partial charge in [-0.3, -0.25) is 9.59 Å². The molecule has 1 atom stereocenters. The van der Waals surface area contributed by atoms with Crippen molar-refractivity contribution in [2.45, 2.75) is 19.4 Å². The largest absolute Gasteiger partial charge is 0.459 e. The van der Waals surface area contributed by atoms with Crippen LogP contribution in [0.25, 0.3) is 0 Å². The summed E-state index contributed by atoms with van der Waals surface area (Å²) in [5, 5.41) is 5.44. The smallest absolute Gasteiger partial charge is 0.287 e. The van der Waals surface area contributed by atoms with Gasteiger partial charge in [-0.2, -0.15) is 11.8 Å². The van der Waals surface area contributed by atoms with E-state index in [2.05, 4.69) is 15.6 Å². The van der Waals surface area contributed by atoms with Crippen molar-refractivity contribution in [3.63, 3.8) is 0 Å². The van der Waals surface area contributed by atoms with Crippen molar-refractivity contribution in [2.75, 3.05) is 17.3 Å². The topological polar surface area (TPSA) is 84.2 Å². The molecule has 2 N–H and O–H groups in total. The number of aromatic nitrogens is 1. The van der Waals surface area contributed by atoms with Gasteiger partial charge in [0.1, 0.15) is 11.9 Å². The number of nitrogens with zero attached hydrogens (tertiary/aromatic N) is 1. The number of nitrogens with one attached hydrogen (secondary N) is 2. The number of carbonyl (C=O) groups excluding carboxylic acids is 2. The fraction of sp³-hybridized carbons (Fsp3) is 0.312. The highest BCUT2D eigenvalue weighted by Gasteiger charge is 2.22. The van der Waals surface area contributed by atoms with E-state index in [0.29, 0.717) is 12.2 Å². The van der Waals surface area contributed by atoms with E-state index < -0.39 is 11.9 Å². The van der Waals surface area contributed by atoms with E-state index in [1.165, 1.54) is 6.26 Å². The molecule has 2 aromatic rings. The summed E-state index contributed by atoms with van der Waals surface area (Å²) < 4.78 is 5.05. The molecule has 0 bridgehead atoms. The fourth-order valence-electron chi connectivity index (χ4n) is 1.96. The second kappa shape index (κ2) is 8.38. The molecule has 6 nitrogen and oxygen atoms in total. The first-order valence-corrected chi connectivity index (χ1v) is 8.56. The lowest BCUT2D eigenvalue weighted by atomic mass is 10.2. The van der Waals surface area contributed by atoms with Crippen molar-refractivity contribution in [3.8, 4) is 0 Å². The first-order chi connectivity index (χ1) is 11.1. The molecule has 2 heterocycles. The van der Waals surface area contributed by atoms with Crippen LogP contribution in [0.2, 0.25) is 0 Å². The van der Waals surface area contributed by atoms with Crippen LogP contribution in [0.5, 0.6) is 0 Å². The Labute approximate surface area is 139 Å². The summed E-state index contributed by atoms with van der Waals surface area (Å²) in [6.07, 6.45) is 5.52. The van der Waals surface area contributed by atoms with E-state index in [4.69, 9.17) is 4.42 Å². The quantitative estimate of drug-likeness (QED) is 0.813. The zero-order valence-corrected chi connectivity index (χ0v) is 13.9. The van der Waals surface area contributed by atoms with Gasteiger partial charge in [-0.05, 0) is 55.2 Å². The second-order valence-electron chi connectivity index (χ2n) is 4.99. The summed E-state index contributed by atoms with van der Waals surface area (Å²) in [4.78, 5) is 28.6. The van der Waals surface area contributed by atoms with Crippen molar-refractivity contribution < 1.29 is 14.0 Å². The van der Waals surface area contributed by atoms with Gasteiger partial charge in [0.05, 0.1) is 6.26 Å². The van der Waals surface area contributed by atoms with Gasteiger partial charge >= 0.3 is 0 Å². The molecule has 0 fully saturated rings. The van der Waals surface area contributed by atoms with Crippen LogP contribution in [0.1, 0.15) is 22.5 Å². The van der Waals surface area contributed by atoms with Gasteiger partial charge in [0.25, 0.3) is 5.91 Å². The summed E-state index contributed by atoms with van der Waals surface area (Å²) >= 11 is 1.61. The summed E-state index contributed by atoms with van der Waals surface area (Å²) in [5.74, 6) is 0.695. The molecule has 7 heteroatoms. The third kappa shape index (κ3) is 5.14. The first-order valence-electron chi connectivity index (χ1n) is 7.17. The molecule has 0 saturated carbocycles. The van der Waals surface area contributed by atoms with Crippen molar-refractivity contribution in [1.29, 1.82) is 0 Å². The van der Waals surface area contributed by atoms with Crippen LogP contribution in [-0.4, -0.2) is 34.8 Å². The Balaban J connectivity index is 2.04. The number of pyridine rings is 1. The maximum absolute atomic E-state index is 12.4. The molecule has 0 saturated heterocycles. The van der Waals surface area contributed by atoms with Crippen molar-refractivity contribution in [3.05, 3.63) is 48.0 Å². The molecule has 0 spiro atoms. The van der Waals surface area contributed by atoms with Crippen molar-refractivity contribution in [2.24, 2.45) is 0 Å². The standard InChI is InChI=1S/C16H19N3O3S/c1-11-5-7-17-14(10-11)19-15(20)12(6-9-23-2)18-16(21)13-4-3-8-22-13/h3-5,7-8,10,12H,6,9H2,1-2H3,(H,18,21)(H,17,19,20). The highest BCUT2D eigenvalue weighted by Crippen LogP contribution is 2.09. The number of aryl methyl sites for hydroxylation is 1. The van der Waals surface area contributed by atoms with Crippen LogP contribution >= 0.6 is 11.8 Å². The number of rotatable bonds is 7. The van der Waals surface area contributed by atoms with Gasteiger partial charge in [0.2, 0.25) is 5.91 Å². The lowest BCUT2D eigenvalue weighted by Crippen LogP contribution is -2.44. The lowest BCUT2D eigenvalue weighted by molar-refractivity contribution is -0.118. The van der Waals surface area contributed by atoms with Gasteiger partial charge < -0.3 is 15.1 Å². The fourth-order valence-corrected chi connectivity index (χ4v) is 2.43. The van der Waals surface area contributed by atoms with E-state index in [1.54, 1.807) is 36.2 Å². The zero-order chi connectivity index (χ0) is 16.7. The normalized spacial score (nSPS) is 11.7. The van der Waals surface area contributed by atoms with Crippen LogP contribution in [0.4, 0.5) is 5.82 Å². The highest BCUT2D eigenvalue weighted by molar-refractivity contribution is 7.98. The third-order valence-corrected chi connectivity index (χ3v) is 3.79. The minimum absolute atomic E-state index is 0.181. The summed E-state index contributed by atoms with van der Waals surface area (Å²) in [7, 11) is 0. The van der Waals surface area contributed by atoms with Gasteiger partial charge in [-0.1, -0.05) is 0 Å². The predicted molar refractivity (Wildman–Crippen MR) is 90.6 cm³/mol. The van der Waals surface area contributed by atoms with E-state index in [-0.39, 0.29) is 11.7 Å². The Hall–Kier alpha value is -2.28. The molecule has 0 aliphatic heterocycles. The third-order valence-electron chi connectivity index (χ3n) is 3.14. The molecule has 0 aliphatic carbocycles. The summed E-state index contributed by atoms with van der Waals surface area (Å²) in [6.45, 7) is 1.92. The number of hydrogen-bond donors (Lipinski definition) is 2. The SMILES string of the molecule is CSCCC(NC(=O)c1ccco1)C(=O)Nc1cc(C)ccn1. The minimum Gasteiger partial charge on any atom is -0.459 e. The van der Waals surface area contributed by atoms with E-state index in [9.17, 15) is 9.59 Å². The first kappa shape index (κ1) is 17.1. The Morgan fingerprint density at radius 3 is 2.87 bits per heavy atom. The number of furan rings is 1. The predicted octanol–water partition coefficient (Wildman–Crippen LogP) is 2.47. The monoisotopic (exact) mass is 333 g/mol. The Morgan fingerprint density at radius 1 is 1.39 bits per heavy atom. The molecule has 0 aliphatic rings. The average molecular weight is 333 g/mol. The van der Waals surface area contributed by atoms with Crippen LogP contribution in [0, 0.1) is 6.92 Å². The van der Waals surface area contributed by atoms with Crippen LogP contribution in [-0.2, 0) is 4.79 Å². The molecular formula is C16H19N3O3S. The zero-order valence-electron chi connectivity index (χ0n) is 13.0. The molecule has 2 amide bonds. The van der Waals surface area contributed by atoms with Gasteiger partial charge in [-0.15, -0.1) is 0 Å². The van der Waals surface area contributed by atoms with E-state index in [0.717, 1.165) is 11.3 Å². The van der Waals surface area contributed by atoms with Crippen LogP contribution in [0.15, 0.2) is 41.1 Å². The average Bonchev–Trinajstić information content (AvgIpc) is 3.05. The lowest BCUT2D eigenvalue weighted by Gasteiger charge is -2.17. The second-order valence-corrected chi connectivity index (χ2v) is 5.98. The Kier molecular flexibility index (Phi) is 6.22. The maximum atomic E-state index is 12.4. The molecule has 2 aromatic heterocycles. The summed E-state index contributed by atoms with van der Waals surface area (Å²) in [5.41, 5.74) is 0.996. The van der Waals surface area contributed by atoms with Gasteiger partial charge in [0, 0.05) is 6.20 Å². The molecule has 122 valence electrons. The minimum atomic E-state index is -0.651. The number of amides is 2. The Bertz CT molecular complexity index is 658. The molecule has 0 aromatic carbocycles. The summed E-state index contributed by atoms with van der Waals surface area (Å²) in [6, 6.07) is 6.16. The molecule has 1 unspecified atom stereocenters. The number of hydrogen-bond acceptors (Lipinski definition) is 5. The van der Waals surface area contributed by atoms with Gasteiger partial charge in [0.15, 0.2) is 5.76 Å². The maximum Gasteiger partial charge on any atom is 0.287 e. The molecule has 2 rings (SSSR count). The number of carbonyl (C=O) groups is 2. The van der Waals surface area contributed by atoms with Crippen LogP contribution in [0.3, 0.4) is 0 Å². The Morgan fingerprint density at radius 2 is 2.22 bits per heavy atom. The number of anilines is 1. The van der Waals surface area contributed by atoms with Gasteiger partial charge in [-0.25, -0.2) is 4.98 Å². The van der Waals surface area contributed by atoms with Crippen LogP contribution < -0.4 is 10.6 Å². The van der Waals surface area contributed by atoms with E-state index >= 15 is 0 Å². The molecule has 23 heavy (non-hydrogen) atoms. The van der Waals surface area contributed by atoms with Crippen molar-refractivity contribution in [1.82, 2.24) is 10.3 Å².